The molecule has 0 saturated heterocycles. The smallest absolute Gasteiger partial charge is 0.0315 e. The maximum atomic E-state index is 3.56. The average Bonchev–Trinajstić information content (AvgIpc) is 2.29. The van der Waals surface area contributed by atoms with E-state index >= 15 is 0 Å². The number of hydrogen-bond donors (Lipinski definition) is 0. The van der Waals surface area contributed by atoms with Crippen LogP contribution in [0.1, 0.15) is 13.8 Å². The Morgan fingerprint density at radius 3 is 1.64 bits per heavy atom. The normalized spacial score (nSPS) is 21.5. The highest BCUT2D eigenvalue weighted by Gasteiger charge is 2.33. The van der Waals surface area contributed by atoms with Gasteiger partial charge in [-0.1, -0.05) is 55.2 Å². The summed E-state index contributed by atoms with van der Waals surface area (Å²) in [6, 6.07) is 0. The number of halogens is 2. The van der Waals surface area contributed by atoms with Gasteiger partial charge in [-0.25, -0.2) is 0 Å². The quantitative estimate of drug-likeness (QED) is 0.677. The van der Waals surface area contributed by atoms with Gasteiger partial charge in [-0.2, -0.15) is 0 Å². The van der Waals surface area contributed by atoms with Crippen molar-refractivity contribution in [2.75, 3.05) is 10.7 Å². The van der Waals surface area contributed by atoms with Crippen LogP contribution in [0.15, 0.2) is 23.3 Å². The molecule has 11 heavy (non-hydrogen) atoms. The first-order chi connectivity index (χ1) is 5.17. The molecule has 0 radical (unpaired) electrons. The molecule has 0 fully saturated rings. The van der Waals surface area contributed by atoms with Crippen molar-refractivity contribution in [1.29, 1.82) is 0 Å². The molecule has 0 heterocycles. The number of rotatable bonds is 2. The summed E-state index contributed by atoms with van der Waals surface area (Å²) >= 11 is 7.13. The summed E-state index contributed by atoms with van der Waals surface area (Å²) in [4.78, 5) is 0. The summed E-state index contributed by atoms with van der Waals surface area (Å²) in [5.74, 6) is 0. The van der Waals surface area contributed by atoms with Crippen molar-refractivity contribution in [2.45, 2.75) is 13.8 Å². The SMILES string of the molecule is CC1=CC=C(C)C1(CBr)CBr. The molecule has 1 aliphatic carbocycles. The van der Waals surface area contributed by atoms with Gasteiger partial charge in [0.25, 0.3) is 0 Å². The standard InChI is InChI=1S/C9H12Br2/c1-7-3-4-8(2)9(7,5-10)6-11/h3-4H,5-6H2,1-2H3. The Labute approximate surface area is 85.0 Å². The third kappa shape index (κ3) is 1.35. The molecule has 0 aromatic heterocycles. The third-order valence-corrected chi connectivity index (χ3v) is 4.46. The van der Waals surface area contributed by atoms with E-state index in [1.165, 1.54) is 11.1 Å². The van der Waals surface area contributed by atoms with Crippen LogP contribution in [-0.4, -0.2) is 10.7 Å². The summed E-state index contributed by atoms with van der Waals surface area (Å²) in [5.41, 5.74) is 3.15. The lowest BCUT2D eigenvalue weighted by molar-refractivity contribution is 0.583. The van der Waals surface area contributed by atoms with Gasteiger partial charge in [0.05, 0.1) is 0 Å². The summed E-state index contributed by atoms with van der Waals surface area (Å²) in [5, 5.41) is 2.02. The maximum absolute atomic E-state index is 3.56. The molecule has 0 amide bonds. The lowest BCUT2D eigenvalue weighted by Gasteiger charge is -2.28. The zero-order valence-electron chi connectivity index (χ0n) is 6.82. The fourth-order valence-electron chi connectivity index (χ4n) is 1.34. The van der Waals surface area contributed by atoms with Gasteiger partial charge in [-0.15, -0.1) is 0 Å². The largest absolute Gasteiger partial charge is 0.0915 e. The van der Waals surface area contributed by atoms with Gasteiger partial charge in [0, 0.05) is 16.1 Å². The van der Waals surface area contributed by atoms with E-state index in [0.717, 1.165) is 10.7 Å². The molecule has 0 aromatic rings. The van der Waals surface area contributed by atoms with Gasteiger partial charge in [-0.05, 0) is 13.8 Å². The Morgan fingerprint density at radius 1 is 1.09 bits per heavy atom. The van der Waals surface area contributed by atoms with Crippen molar-refractivity contribution in [1.82, 2.24) is 0 Å². The molecule has 0 unspecified atom stereocenters. The van der Waals surface area contributed by atoms with Crippen LogP contribution in [0.2, 0.25) is 0 Å². The first-order valence-corrected chi connectivity index (χ1v) is 5.90. The molecule has 0 nitrogen and oxygen atoms in total. The molecule has 2 heteroatoms. The van der Waals surface area contributed by atoms with Gasteiger partial charge >= 0.3 is 0 Å². The molecule has 0 bridgehead atoms. The van der Waals surface area contributed by atoms with E-state index in [1.807, 2.05) is 0 Å². The van der Waals surface area contributed by atoms with E-state index < -0.39 is 0 Å². The Balaban J connectivity index is 2.98. The molecular weight excluding hydrogens is 268 g/mol. The van der Waals surface area contributed by atoms with Crippen LogP contribution in [0.4, 0.5) is 0 Å². The number of alkyl halides is 2. The summed E-state index contributed by atoms with van der Waals surface area (Å²) < 4.78 is 0. The molecule has 1 rings (SSSR count). The summed E-state index contributed by atoms with van der Waals surface area (Å²) in [6.45, 7) is 4.38. The van der Waals surface area contributed by atoms with Gasteiger partial charge in [0.2, 0.25) is 0 Å². The van der Waals surface area contributed by atoms with E-state index in [-0.39, 0.29) is 5.41 Å². The van der Waals surface area contributed by atoms with Crippen LogP contribution >= 0.6 is 31.9 Å². The van der Waals surface area contributed by atoms with Gasteiger partial charge in [0.15, 0.2) is 0 Å². The highest BCUT2D eigenvalue weighted by Crippen LogP contribution is 2.42. The minimum Gasteiger partial charge on any atom is -0.0915 e. The van der Waals surface area contributed by atoms with Crippen molar-refractivity contribution >= 4 is 31.9 Å². The summed E-state index contributed by atoms with van der Waals surface area (Å²) in [7, 11) is 0. The highest BCUT2D eigenvalue weighted by atomic mass is 79.9. The van der Waals surface area contributed by atoms with Crippen molar-refractivity contribution in [2.24, 2.45) is 5.41 Å². The van der Waals surface area contributed by atoms with E-state index in [1.54, 1.807) is 0 Å². The van der Waals surface area contributed by atoms with E-state index in [0.29, 0.717) is 0 Å². The highest BCUT2D eigenvalue weighted by molar-refractivity contribution is 9.09. The Morgan fingerprint density at radius 2 is 1.45 bits per heavy atom. The van der Waals surface area contributed by atoms with Crippen LogP contribution in [0.5, 0.6) is 0 Å². The predicted octanol–water partition coefficient (Wildman–Crippen LogP) is 3.67. The van der Waals surface area contributed by atoms with E-state index in [2.05, 4.69) is 57.9 Å². The van der Waals surface area contributed by atoms with Crippen LogP contribution in [0.3, 0.4) is 0 Å². The Hall–Kier alpha value is 0.440. The second-order valence-corrected chi connectivity index (χ2v) is 4.17. The summed E-state index contributed by atoms with van der Waals surface area (Å²) in [6.07, 6.45) is 4.41. The maximum Gasteiger partial charge on any atom is 0.0315 e. The molecule has 0 N–H and O–H groups in total. The van der Waals surface area contributed by atoms with Gasteiger partial charge in [-0.3, -0.25) is 0 Å². The van der Waals surface area contributed by atoms with Crippen molar-refractivity contribution < 1.29 is 0 Å². The van der Waals surface area contributed by atoms with Gasteiger partial charge in [0.1, 0.15) is 0 Å². The fraction of sp³-hybridized carbons (Fsp3) is 0.556. The van der Waals surface area contributed by atoms with Gasteiger partial charge < -0.3 is 0 Å². The van der Waals surface area contributed by atoms with E-state index in [4.69, 9.17) is 0 Å². The van der Waals surface area contributed by atoms with Crippen LogP contribution in [0, 0.1) is 5.41 Å². The minimum atomic E-state index is 0.250. The van der Waals surface area contributed by atoms with Crippen molar-refractivity contribution in [3.05, 3.63) is 23.3 Å². The number of allylic oxidation sites excluding steroid dienone is 4. The molecule has 0 atom stereocenters. The predicted molar refractivity (Wildman–Crippen MR) is 57.5 cm³/mol. The molecule has 0 aliphatic heterocycles. The number of hydrogen-bond acceptors (Lipinski definition) is 0. The minimum absolute atomic E-state index is 0.250. The van der Waals surface area contributed by atoms with E-state index in [9.17, 15) is 0 Å². The van der Waals surface area contributed by atoms with Crippen molar-refractivity contribution in [3.63, 3.8) is 0 Å². The van der Waals surface area contributed by atoms with Crippen LogP contribution < -0.4 is 0 Å². The second kappa shape index (κ2) is 3.44. The molecular formula is C9H12Br2. The van der Waals surface area contributed by atoms with Crippen LogP contribution in [0.25, 0.3) is 0 Å². The second-order valence-electron chi connectivity index (χ2n) is 3.05. The third-order valence-electron chi connectivity index (χ3n) is 2.55. The molecule has 62 valence electrons. The first kappa shape index (κ1) is 9.53. The fourth-order valence-corrected chi connectivity index (χ4v) is 4.03. The zero-order chi connectivity index (χ0) is 8.48. The average molecular weight is 280 g/mol. The lowest BCUT2D eigenvalue weighted by atomic mass is 9.82. The topological polar surface area (TPSA) is 0 Å². The van der Waals surface area contributed by atoms with Crippen molar-refractivity contribution in [3.8, 4) is 0 Å². The lowest BCUT2D eigenvalue weighted by Crippen LogP contribution is -2.25. The van der Waals surface area contributed by atoms with Crippen LogP contribution in [-0.2, 0) is 0 Å². The molecule has 0 spiro atoms. The Kier molecular flexibility index (Phi) is 2.98. The first-order valence-electron chi connectivity index (χ1n) is 3.65. The monoisotopic (exact) mass is 278 g/mol. The molecule has 0 aromatic carbocycles. The Bertz CT molecular complexity index is 190. The zero-order valence-corrected chi connectivity index (χ0v) is 10.00. The molecule has 1 aliphatic rings. The molecule has 0 saturated carbocycles.